The quantitative estimate of drug-likeness (QED) is 0.779. The summed E-state index contributed by atoms with van der Waals surface area (Å²) in [5, 5.41) is 0. The van der Waals surface area contributed by atoms with Crippen LogP contribution < -0.4 is 9.80 Å². The van der Waals surface area contributed by atoms with Gasteiger partial charge in [0.2, 0.25) is 5.91 Å². The Labute approximate surface area is 96.9 Å². The van der Waals surface area contributed by atoms with Crippen LogP contribution in [-0.4, -0.2) is 31.5 Å². The average Bonchev–Trinajstić information content (AvgIpc) is 2.30. The maximum atomic E-state index is 11.8. The molecule has 0 spiro atoms. The van der Waals surface area contributed by atoms with Crippen molar-refractivity contribution in [1.29, 1.82) is 0 Å². The van der Waals surface area contributed by atoms with E-state index in [4.69, 9.17) is 0 Å². The molecule has 0 bridgehead atoms. The van der Waals surface area contributed by atoms with Gasteiger partial charge >= 0.3 is 0 Å². The van der Waals surface area contributed by atoms with Gasteiger partial charge in [-0.15, -0.1) is 0 Å². The molecule has 16 heavy (non-hydrogen) atoms. The highest BCUT2D eigenvalue weighted by molar-refractivity contribution is 5.95. The van der Waals surface area contributed by atoms with E-state index in [0.717, 1.165) is 11.5 Å². The van der Waals surface area contributed by atoms with Crippen molar-refractivity contribution in [1.82, 2.24) is 4.98 Å². The first-order chi connectivity index (χ1) is 7.61. The van der Waals surface area contributed by atoms with E-state index >= 15 is 0 Å². The fourth-order valence-electron chi connectivity index (χ4n) is 1.58. The molecule has 4 heteroatoms. The van der Waals surface area contributed by atoms with Crippen LogP contribution in [0.5, 0.6) is 0 Å². The third kappa shape index (κ3) is 2.51. The molecule has 88 valence electrons. The molecule has 0 N–H and O–H groups in total. The number of aromatic nitrogens is 1. The van der Waals surface area contributed by atoms with Crippen molar-refractivity contribution in [3.05, 3.63) is 18.3 Å². The zero-order valence-electron chi connectivity index (χ0n) is 10.4. The lowest BCUT2D eigenvalue weighted by Gasteiger charge is -2.24. The third-order valence-corrected chi connectivity index (χ3v) is 2.42. The Bertz CT molecular complexity index is 363. The molecule has 0 unspecified atom stereocenters. The van der Waals surface area contributed by atoms with Crippen LogP contribution in [0.1, 0.15) is 20.3 Å². The minimum absolute atomic E-state index is 0.101. The van der Waals surface area contributed by atoms with Gasteiger partial charge in [0.25, 0.3) is 0 Å². The minimum Gasteiger partial charge on any atom is -0.375 e. The Morgan fingerprint density at radius 3 is 2.56 bits per heavy atom. The molecule has 0 fully saturated rings. The van der Waals surface area contributed by atoms with E-state index in [-0.39, 0.29) is 5.91 Å². The van der Waals surface area contributed by atoms with Gasteiger partial charge in [0, 0.05) is 33.3 Å². The highest BCUT2D eigenvalue weighted by atomic mass is 16.2. The number of hydrogen-bond donors (Lipinski definition) is 0. The van der Waals surface area contributed by atoms with Gasteiger partial charge in [0.05, 0.1) is 5.69 Å². The number of carbonyl (C=O) groups excluding carboxylic acids is 1. The second kappa shape index (κ2) is 5.49. The average molecular weight is 221 g/mol. The van der Waals surface area contributed by atoms with Gasteiger partial charge in [0.15, 0.2) is 5.82 Å². The fraction of sp³-hybridized carbons (Fsp3) is 0.500. The Morgan fingerprint density at radius 2 is 2.06 bits per heavy atom. The molecule has 1 heterocycles. The van der Waals surface area contributed by atoms with Crippen LogP contribution >= 0.6 is 0 Å². The first-order valence-electron chi connectivity index (χ1n) is 5.54. The molecule has 1 aromatic heterocycles. The molecule has 0 radical (unpaired) electrons. The van der Waals surface area contributed by atoms with Gasteiger partial charge in [-0.05, 0) is 19.1 Å². The Balaban J connectivity index is 3.14. The smallest absolute Gasteiger partial charge is 0.227 e. The van der Waals surface area contributed by atoms with Gasteiger partial charge in [-0.25, -0.2) is 4.98 Å². The van der Waals surface area contributed by atoms with E-state index in [1.165, 1.54) is 0 Å². The molecule has 0 aromatic carbocycles. The third-order valence-electron chi connectivity index (χ3n) is 2.42. The minimum atomic E-state index is 0.101. The fourth-order valence-corrected chi connectivity index (χ4v) is 1.58. The van der Waals surface area contributed by atoms with E-state index < -0.39 is 0 Å². The van der Waals surface area contributed by atoms with Crippen molar-refractivity contribution in [3.8, 4) is 0 Å². The van der Waals surface area contributed by atoms with Crippen molar-refractivity contribution in [2.45, 2.75) is 20.3 Å². The van der Waals surface area contributed by atoms with Gasteiger partial charge in [0.1, 0.15) is 0 Å². The highest BCUT2D eigenvalue weighted by Gasteiger charge is 2.17. The molecule has 0 atom stereocenters. The monoisotopic (exact) mass is 221 g/mol. The van der Waals surface area contributed by atoms with Crippen LogP contribution in [0.3, 0.4) is 0 Å². The molecule has 0 aliphatic rings. The standard InChI is InChI=1S/C12H19N3O/c1-5-11(16)15(6-2)12-10(14(3)4)8-7-9-13-12/h7-9H,5-6H2,1-4H3. The molecular weight excluding hydrogens is 202 g/mol. The zero-order valence-corrected chi connectivity index (χ0v) is 10.4. The summed E-state index contributed by atoms with van der Waals surface area (Å²) in [6, 6.07) is 3.84. The van der Waals surface area contributed by atoms with Crippen LogP contribution in [-0.2, 0) is 4.79 Å². The normalized spacial score (nSPS) is 10.0. The summed E-state index contributed by atoms with van der Waals surface area (Å²) in [4.78, 5) is 19.8. The number of nitrogens with zero attached hydrogens (tertiary/aromatic N) is 3. The molecule has 0 aliphatic heterocycles. The van der Waals surface area contributed by atoms with E-state index in [2.05, 4.69) is 4.98 Å². The van der Waals surface area contributed by atoms with Crippen LogP contribution in [0.25, 0.3) is 0 Å². The molecule has 0 saturated heterocycles. The Kier molecular flexibility index (Phi) is 4.28. The lowest BCUT2D eigenvalue weighted by atomic mass is 10.3. The molecule has 4 nitrogen and oxygen atoms in total. The molecule has 1 aromatic rings. The van der Waals surface area contributed by atoms with E-state index in [9.17, 15) is 4.79 Å². The molecular formula is C12H19N3O. The summed E-state index contributed by atoms with van der Waals surface area (Å²) in [5.41, 5.74) is 0.964. The topological polar surface area (TPSA) is 36.4 Å². The van der Waals surface area contributed by atoms with Gasteiger partial charge in [-0.2, -0.15) is 0 Å². The van der Waals surface area contributed by atoms with Gasteiger partial charge in [-0.3, -0.25) is 9.69 Å². The van der Waals surface area contributed by atoms with Crippen LogP contribution in [0.4, 0.5) is 11.5 Å². The van der Waals surface area contributed by atoms with Crippen molar-refractivity contribution < 1.29 is 4.79 Å². The summed E-state index contributed by atoms with van der Waals surface area (Å²) in [5.74, 6) is 0.839. The lowest BCUT2D eigenvalue weighted by molar-refractivity contribution is -0.118. The summed E-state index contributed by atoms with van der Waals surface area (Å²) in [7, 11) is 3.90. The predicted molar refractivity (Wildman–Crippen MR) is 66.9 cm³/mol. The molecule has 0 saturated carbocycles. The lowest BCUT2D eigenvalue weighted by Crippen LogP contribution is -2.32. The second-order valence-electron chi connectivity index (χ2n) is 3.73. The van der Waals surface area contributed by atoms with E-state index in [0.29, 0.717) is 13.0 Å². The van der Waals surface area contributed by atoms with Crippen LogP contribution in [0.15, 0.2) is 18.3 Å². The first kappa shape index (κ1) is 12.5. The summed E-state index contributed by atoms with van der Waals surface area (Å²) >= 11 is 0. The Hall–Kier alpha value is -1.58. The van der Waals surface area contributed by atoms with Crippen molar-refractivity contribution in [3.63, 3.8) is 0 Å². The van der Waals surface area contributed by atoms with Crippen LogP contribution in [0, 0.1) is 0 Å². The van der Waals surface area contributed by atoms with Crippen molar-refractivity contribution in [2.24, 2.45) is 0 Å². The maximum absolute atomic E-state index is 11.8. The Morgan fingerprint density at radius 1 is 1.38 bits per heavy atom. The predicted octanol–water partition coefficient (Wildman–Crippen LogP) is 1.91. The number of hydrogen-bond acceptors (Lipinski definition) is 3. The van der Waals surface area contributed by atoms with Gasteiger partial charge in [-0.1, -0.05) is 6.92 Å². The van der Waals surface area contributed by atoms with Crippen molar-refractivity contribution >= 4 is 17.4 Å². The zero-order chi connectivity index (χ0) is 12.1. The number of rotatable bonds is 4. The molecule has 0 aliphatic carbocycles. The first-order valence-corrected chi connectivity index (χ1v) is 5.54. The number of carbonyl (C=O) groups is 1. The van der Waals surface area contributed by atoms with Crippen LogP contribution in [0.2, 0.25) is 0 Å². The summed E-state index contributed by atoms with van der Waals surface area (Å²) < 4.78 is 0. The van der Waals surface area contributed by atoms with E-state index in [1.807, 2.05) is 45.0 Å². The van der Waals surface area contributed by atoms with Gasteiger partial charge < -0.3 is 4.90 Å². The SMILES string of the molecule is CCC(=O)N(CC)c1ncccc1N(C)C. The molecule has 1 rings (SSSR count). The summed E-state index contributed by atoms with van der Waals surface area (Å²) in [6.07, 6.45) is 2.21. The highest BCUT2D eigenvalue weighted by Crippen LogP contribution is 2.25. The maximum Gasteiger partial charge on any atom is 0.227 e. The number of pyridine rings is 1. The van der Waals surface area contributed by atoms with E-state index in [1.54, 1.807) is 11.1 Å². The van der Waals surface area contributed by atoms with Crippen molar-refractivity contribution in [2.75, 3.05) is 30.4 Å². The number of amides is 1. The largest absolute Gasteiger partial charge is 0.375 e. The number of anilines is 2. The summed E-state index contributed by atoms with van der Waals surface area (Å²) in [6.45, 7) is 4.47. The second-order valence-corrected chi connectivity index (χ2v) is 3.73. The molecule has 1 amide bonds.